The van der Waals surface area contributed by atoms with Crippen molar-refractivity contribution in [3.8, 4) is 0 Å². The molecule has 118 valence electrons. The lowest BCUT2D eigenvalue weighted by molar-refractivity contribution is -0.146. The Bertz CT molecular complexity index is 715. The van der Waals surface area contributed by atoms with E-state index < -0.39 is 12.1 Å². The normalized spacial score (nSPS) is 22.4. The minimum Gasteiger partial charge on any atom is -0.468 e. The van der Waals surface area contributed by atoms with Gasteiger partial charge < -0.3 is 14.4 Å². The number of ether oxygens (including phenoxy) is 1. The maximum Gasteiger partial charge on any atom is 0.323 e. The van der Waals surface area contributed by atoms with Crippen LogP contribution < -0.4 is 0 Å². The van der Waals surface area contributed by atoms with E-state index in [1.165, 1.54) is 7.11 Å². The average Bonchev–Trinajstić information content (AvgIpc) is 2.99. The smallest absolute Gasteiger partial charge is 0.323 e. The number of aryl methyl sites for hydroxylation is 1. The van der Waals surface area contributed by atoms with Gasteiger partial charge in [0.1, 0.15) is 11.9 Å². The predicted octanol–water partition coefficient (Wildman–Crippen LogP) is 1.33. The van der Waals surface area contributed by atoms with Crippen molar-refractivity contribution in [2.45, 2.75) is 25.1 Å². The van der Waals surface area contributed by atoms with Gasteiger partial charge in [-0.3, -0.25) is 9.69 Å². The SMILES string of the molecule is COC(=O)C1CC(O)CN1Cc1nc2cc(Cl)ccc2n1C. The summed E-state index contributed by atoms with van der Waals surface area (Å²) in [5.41, 5.74) is 1.80. The van der Waals surface area contributed by atoms with Crippen LogP contribution in [0.4, 0.5) is 0 Å². The number of β-amino-alcohol motifs (C(OH)–C–C–N with tert-alkyl or cyclic N) is 1. The zero-order valence-corrected chi connectivity index (χ0v) is 13.2. The monoisotopic (exact) mass is 323 g/mol. The number of hydrogen-bond donors (Lipinski definition) is 1. The van der Waals surface area contributed by atoms with Crippen LogP contribution in [0, 0.1) is 0 Å². The van der Waals surface area contributed by atoms with Crippen molar-refractivity contribution in [1.29, 1.82) is 0 Å². The summed E-state index contributed by atoms with van der Waals surface area (Å²) in [5, 5.41) is 10.5. The molecule has 7 heteroatoms. The number of aromatic nitrogens is 2. The second-order valence-corrected chi connectivity index (χ2v) is 6.01. The van der Waals surface area contributed by atoms with Crippen LogP contribution in [-0.2, 0) is 23.1 Å². The highest BCUT2D eigenvalue weighted by molar-refractivity contribution is 6.31. The molecule has 6 nitrogen and oxygen atoms in total. The van der Waals surface area contributed by atoms with Gasteiger partial charge in [-0.05, 0) is 18.2 Å². The van der Waals surface area contributed by atoms with Crippen LogP contribution in [0.1, 0.15) is 12.2 Å². The molecule has 0 spiro atoms. The van der Waals surface area contributed by atoms with Gasteiger partial charge in [0.2, 0.25) is 0 Å². The van der Waals surface area contributed by atoms with Gasteiger partial charge in [0, 0.05) is 25.0 Å². The van der Waals surface area contributed by atoms with Crippen LogP contribution in [0.3, 0.4) is 0 Å². The highest BCUT2D eigenvalue weighted by Gasteiger charge is 2.37. The molecule has 2 heterocycles. The molecule has 2 atom stereocenters. The van der Waals surface area contributed by atoms with Gasteiger partial charge in [0.25, 0.3) is 0 Å². The maximum absolute atomic E-state index is 11.8. The van der Waals surface area contributed by atoms with E-state index in [9.17, 15) is 9.90 Å². The van der Waals surface area contributed by atoms with Crippen LogP contribution in [0.15, 0.2) is 18.2 Å². The first kappa shape index (κ1) is 15.3. The number of carbonyl (C=O) groups excluding carboxylic acids is 1. The van der Waals surface area contributed by atoms with E-state index in [0.29, 0.717) is 24.5 Å². The number of methoxy groups -OCH3 is 1. The van der Waals surface area contributed by atoms with Crippen LogP contribution in [0.25, 0.3) is 11.0 Å². The van der Waals surface area contributed by atoms with E-state index in [1.807, 2.05) is 34.7 Å². The molecule has 0 amide bonds. The molecule has 2 aromatic rings. The number of likely N-dealkylation sites (tertiary alicyclic amines) is 1. The molecule has 1 aromatic carbocycles. The second kappa shape index (κ2) is 5.87. The summed E-state index contributed by atoms with van der Waals surface area (Å²) in [5.74, 6) is 0.499. The van der Waals surface area contributed by atoms with E-state index in [2.05, 4.69) is 4.98 Å². The van der Waals surface area contributed by atoms with Crippen molar-refractivity contribution in [1.82, 2.24) is 14.5 Å². The molecular weight excluding hydrogens is 306 g/mol. The number of rotatable bonds is 3. The predicted molar refractivity (Wildman–Crippen MR) is 82.6 cm³/mol. The summed E-state index contributed by atoms with van der Waals surface area (Å²) in [7, 11) is 3.29. The molecule has 1 aliphatic rings. The molecule has 1 aliphatic heterocycles. The Kier molecular flexibility index (Phi) is 4.08. The minimum absolute atomic E-state index is 0.321. The third-order valence-corrected chi connectivity index (χ3v) is 4.37. The molecule has 3 rings (SSSR count). The van der Waals surface area contributed by atoms with E-state index in [0.717, 1.165) is 16.9 Å². The van der Waals surface area contributed by atoms with Crippen LogP contribution in [0.2, 0.25) is 5.02 Å². The second-order valence-electron chi connectivity index (χ2n) is 5.58. The van der Waals surface area contributed by atoms with Gasteiger partial charge in [-0.2, -0.15) is 0 Å². The molecule has 0 radical (unpaired) electrons. The lowest BCUT2D eigenvalue weighted by Crippen LogP contribution is -2.37. The fraction of sp³-hybridized carbons (Fsp3) is 0.467. The third kappa shape index (κ3) is 2.69. The summed E-state index contributed by atoms with van der Waals surface area (Å²) in [6.45, 7) is 0.906. The lowest BCUT2D eigenvalue weighted by Gasteiger charge is -2.21. The zero-order chi connectivity index (χ0) is 15.9. The number of nitrogens with zero attached hydrogens (tertiary/aromatic N) is 3. The summed E-state index contributed by atoms with van der Waals surface area (Å²) < 4.78 is 6.80. The first-order chi connectivity index (χ1) is 10.5. The van der Waals surface area contributed by atoms with Gasteiger partial charge in [-0.15, -0.1) is 0 Å². The molecule has 1 N–H and O–H groups in total. The summed E-state index contributed by atoms with van der Waals surface area (Å²) in [4.78, 5) is 18.3. The first-order valence-electron chi connectivity index (χ1n) is 7.10. The zero-order valence-electron chi connectivity index (χ0n) is 12.5. The lowest BCUT2D eigenvalue weighted by atomic mass is 10.2. The Morgan fingerprint density at radius 1 is 1.55 bits per heavy atom. The summed E-state index contributed by atoms with van der Waals surface area (Å²) in [6.07, 6.45) is -0.129. The van der Waals surface area contributed by atoms with E-state index in [4.69, 9.17) is 16.3 Å². The fourth-order valence-electron chi connectivity index (χ4n) is 2.98. The number of imidazole rings is 1. The van der Waals surface area contributed by atoms with Crippen LogP contribution in [0.5, 0.6) is 0 Å². The molecule has 0 aliphatic carbocycles. The third-order valence-electron chi connectivity index (χ3n) is 4.13. The number of fused-ring (bicyclic) bond motifs is 1. The Morgan fingerprint density at radius 2 is 2.32 bits per heavy atom. The van der Waals surface area contributed by atoms with Gasteiger partial charge in [0.05, 0.1) is 30.8 Å². The molecule has 22 heavy (non-hydrogen) atoms. The Hall–Kier alpha value is -1.63. The van der Waals surface area contributed by atoms with Crippen molar-refractivity contribution in [3.63, 3.8) is 0 Å². The highest BCUT2D eigenvalue weighted by Crippen LogP contribution is 2.24. The van der Waals surface area contributed by atoms with E-state index in [-0.39, 0.29) is 5.97 Å². The van der Waals surface area contributed by atoms with Crippen molar-refractivity contribution in [2.24, 2.45) is 7.05 Å². The molecule has 1 fully saturated rings. The van der Waals surface area contributed by atoms with E-state index in [1.54, 1.807) is 0 Å². The molecule has 0 bridgehead atoms. The highest BCUT2D eigenvalue weighted by atomic mass is 35.5. The number of esters is 1. The Morgan fingerprint density at radius 3 is 3.05 bits per heavy atom. The molecule has 2 unspecified atom stereocenters. The van der Waals surface area contributed by atoms with Crippen LogP contribution in [-0.4, -0.2) is 51.3 Å². The molecular formula is C15H18ClN3O3. The van der Waals surface area contributed by atoms with Crippen molar-refractivity contribution in [3.05, 3.63) is 29.0 Å². The molecule has 1 aromatic heterocycles. The largest absolute Gasteiger partial charge is 0.468 e. The average molecular weight is 324 g/mol. The molecule has 0 saturated carbocycles. The maximum atomic E-state index is 11.8. The minimum atomic E-state index is -0.520. The van der Waals surface area contributed by atoms with Crippen LogP contribution >= 0.6 is 11.6 Å². The number of aliphatic hydroxyl groups is 1. The quantitative estimate of drug-likeness (QED) is 0.863. The van der Waals surface area contributed by atoms with Crippen molar-refractivity contribution >= 4 is 28.6 Å². The number of hydrogen-bond acceptors (Lipinski definition) is 5. The number of halogens is 1. The summed E-state index contributed by atoms with van der Waals surface area (Å²) in [6, 6.07) is 5.14. The van der Waals surface area contributed by atoms with Crippen molar-refractivity contribution in [2.75, 3.05) is 13.7 Å². The standard InChI is InChI=1S/C15H18ClN3O3/c1-18-12-4-3-9(16)5-11(12)17-14(18)8-19-7-10(20)6-13(19)15(21)22-2/h3-5,10,13,20H,6-8H2,1-2H3. The van der Waals surface area contributed by atoms with E-state index >= 15 is 0 Å². The number of carbonyl (C=O) groups is 1. The van der Waals surface area contributed by atoms with Gasteiger partial charge >= 0.3 is 5.97 Å². The topological polar surface area (TPSA) is 67.6 Å². The van der Waals surface area contributed by atoms with Gasteiger partial charge in [-0.25, -0.2) is 4.98 Å². The van der Waals surface area contributed by atoms with Crippen molar-refractivity contribution < 1.29 is 14.6 Å². The Balaban J connectivity index is 1.89. The number of aliphatic hydroxyl groups excluding tert-OH is 1. The van der Waals surface area contributed by atoms with Gasteiger partial charge in [-0.1, -0.05) is 11.6 Å². The fourth-order valence-corrected chi connectivity index (χ4v) is 3.15. The summed E-state index contributed by atoms with van der Waals surface area (Å²) >= 11 is 6.00. The number of benzene rings is 1. The first-order valence-corrected chi connectivity index (χ1v) is 7.48. The molecule has 1 saturated heterocycles. The Labute approximate surface area is 133 Å². The van der Waals surface area contributed by atoms with Gasteiger partial charge in [0.15, 0.2) is 0 Å².